The molecule has 0 unspecified atom stereocenters. The minimum Gasteiger partial charge on any atom is -0.457 e. The number of thioether (sulfide) groups is 1. The molecular weight excluding hydrogens is 318 g/mol. The number of amides is 1. The highest BCUT2D eigenvalue weighted by Crippen LogP contribution is 2.53. The Kier molecular flexibility index (Phi) is 4.79. The summed E-state index contributed by atoms with van der Waals surface area (Å²) < 4.78 is 10.8. The summed E-state index contributed by atoms with van der Waals surface area (Å²) in [7, 11) is 0. The third-order valence-electron chi connectivity index (χ3n) is 4.39. The number of ether oxygens (including phenoxy) is 2. The van der Waals surface area contributed by atoms with Crippen molar-refractivity contribution in [3.63, 3.8) is 0 Å². The predicted octanol–water partition coefficient (Wildman–Crippen LogP) is 1.41. The number of aliphatic hydroxyl groups is 1. The summed E-state index contributed by atoms with van der Waals surface area (Å²) in [5.74, 6) is -1.20. The highest BCUT2D eigenvalue weighted by molar-refractivity contribution is 8.04. The van der Waals surface area contributed by atoms with Gasteiger partial charge in [-0.2, -0.15) is 0 Å². The van der Waals surface area contributed by atoms with Crippen LogP contribution in [0.1, 0.15) is 26.2 Å². The molecular formula is C16H21NO5S. The van der Waals surface area contributed by atoms with Crippen LogP contribution >= 0.6 is 11.8 Å². The van der Waals surface area contributed by atoms with E-state index in [-0.39, 0.29) is 24.0 Å². The zero-order chi connectivity index (χ0) is 16.6. The van der Waals surface area contributed by atoms with E-state index in [2.05, 4.69) is 6.58 Å². The Morgan fingerprint density at radius 2 is 2.43 bits per heavy atom. The van der Waals surface area contributed by atoms with Gasteiger partial charge in [-0.15, -0.1) is 0 Å². The van der Waals surface area contributed by atoms with E-state index >= 15 is 0 Å². The highest BCUT2D eigenvalue weighted by atomic mass is 32.2. The second-order valence-electron chi connectivity index (χ2n) is 5.82. The highest BCUT2D eigenvalue weighted by Gasteiger charge is 2.59. The summed E-state index contributed by atoms with van der Waals surface area (Å²) >= 11 is 1.46. The Labute approximate surface area is 139 Å². The molecule has 7 heteroatoms. The van der Waals surface area contributed by atoms with Crippen molar-refractivity contribution in [2.45, 2.75) is 43.8 Å². The zero-order valence-electron chi connectivity index (χ0n) is 13.1. The van der Waals surface area contributed by atoms with Crippen molar-refractivity contribution < 1.29 is 24.2 Å². The van der Waals surface area contributed by atoms with Crippen LogP contribution in [0.3, 0.4) is 0 Å². The third-order valence-corrected chi connectivity index (χ3v) is 5.84. The number of hydrogen-bond donors (Lipinski definition) is 1. The second-order valence-corrected chi connectivity index (χ2v) is 6.98. The fourth-order valence-corrected chi connectivity index (χ4v) is 4.83. The summed E-state index contributed by atoms with van der Waals surface area (Å²) in [5.41, 5.74) is 0.290. The fraction of sp³-hybridized carbons (Fsp3) is 0.625. The molecule has 3 heterocycles. The van der Waals surface area contributed by atoms with Gasteiger partial charge in [0.15, 0.2) is 0 Å². The quantitative estimate of drug-likeness (QED) is 0.448. The average molecular weight is 339 g/mol. The van der Waals surface area contributed by atoms with Crippen LogP contribution in [-0.4, -0.2) is 52.7 Å². The Balaban J connectivity index is 1.86. The number of rotatable bonds is 6. The maximum absolute atomic E-state index is 12.4. The van der Waals surface area contributed by atoms with Gasteiger partial charge in [0.25, 0.3) is 0 Å². The van der Waals surface area contributed by atoms with Crippen molar-refractivity contribution in [3.8, 4) is 0 Å². The van der Waals surface area contributed by atoms with Gasteiger partial charge < -0.3 is 14.6 Å². The first-order valence-electron chi connectivity index (χ1n) is 7.91. The van der Waals surface area contributed by atoms with E-state index in [1.807, 2.05) is 6.92 Å². The smallest absolute Gasteiger partial charge is 0.356 e. The number of fused-ring (bicyclic) bond motifs is 1. The first kappa shape index (κ1) is 16.5. The van der Waals surface area contributed by atoms with Crippen molar-refractivity contribution in [2.24, 2.45) is 5.92 Å². The number of nitrogens with zero attached hydrogens (tertiary/aromatic N) is 1. The Morgan fingerprint density at radius 1 is 1.65 bits per heavy atom. The third kappa shape index (κ3) is 2.70. The Bertz CT molecular complexity index is 555. The summed E-state index contributed by atoms with van der Waals surface area (Å²) in [6, 6.07) is 0. The molecule has 126 valence electrons. The van der Waals surface area contributed by atoms with Crippen LogP contribution in [0.15, 0.2) is 23.3 Å². The maximum Gasteiger partial charge on any atom is 0.356 e. The van der Waals surface area contributed by atoms with Crippen molar-refractivity contribution in [3.05, 3.63) is 23.3 Å². The monoisotopic (exact) mass is 339 g/mol. The molecule has 3 aliphatic rings. The lowest BCUT2D eigenvalue weighted by molar-refractivity contribution is -0.158. The largest absolute Gasteiger partial charge is 0.457 e. The molecule has 0 aromatic rings. The normalized spacial score (nSPS) is 31.0. The maximum atomic E-state index is 12.4. The molecule has 2 saturated heterocycles. The van der Waals surface area contributed by atoms with Crippen LogP contribution in [0.2, 0.25) is 0 Å². The van der Waals surface area contributed by atoms with Gasteiger partial charge in [0, 0.05) is 11.5 Å². The van der Waals surface area contributed by atoms with Gasteiger partial charge in [-0.05, 0) is 19.3 Å². The molecule has 2 fully saturated rings. The van der Waals surface area contributed by atoms with Gasteiger partial charge in [-0.1, -0.05) is 31.3 Å². The van der Waals surface area contributed by atoms with E-state index in [1.165, 1.54) is 22.7 Å². The lowest BCUT2D eigenvalue weighted by Crippen LogP contribution is -2.61. The molecule has 0 aliphatic carbocycles. The van der Waals surface area contributed by atoms with Crippen molar-refractivity contribution >= 4 is 23.6 Å². The van der Waals surface area contributed by atoms with Crippen LogP contribution in [0.4, 0.5) is 0 Å². The molecule has 0 aromatic heterocycles. The molecule has 6 nitrogen and oxygen atoms in total. The SMILES string of the molecule is C=CCOC(=O)C1=C([C@H]2CCCO2)S[C@@H]2[C@H]([C@@H](O)CC)C(=O)N12. The van der Waals surface area contributed by atoms with E-state index < -0.39 is 18.0 Å². The van der Waals surface area contributed by atoms with Crippen molar-refractivity contribution in [1.82, 2.24) is 4.90 Å². The molecule has 3 rings (SSSR count). The van der Waals surface area contributed by atoms with E-state index in [4.69, 9.17) is 9.47 Å². The molecule has 0 aromatic carbocycles. The molecule has 0 spiro atoms. The predicted molar refractivity (Wildman–Crippen MR) is 85.2 cm³/mol. The van der Waals surface area contributed by atoms with E-state index in [0.29, 0.717) is 18.7 Å². The molecule has 1 amide bonds. The van der Waals surface area contributed by atoms with E-state index in [1.54, 1.807) is 0 Å². The molecule has 4 atom stereocenters. The number of carbonyl (C=O) groups excluding carboxylic acids is 2. The summed E-state index contributed by atoms with van der Waals surface area (Å²) in [5, 5.41) is 9.84. The molecule has 0 bridgehead atoms. The molecule has 0 saturated carbocycles. The summed E-state index contributed by atoms with van der Waals surface area (Å²) in [6.07, 6.45) is 2.91. The average Bonchev–Trinajstić information content (AvgIpc) is 3.17. The van der Waals surface area contributed by atoms with Crippen molar-refractivity contribution in [1.29, 1.82) is 0 Å². The number of esters is 1. The minimum absolute atomic E-state index is 0.0967. The minimum atomic E-state index is -0.689. The lowest BCUT2D eigenvalue weighted by Gasteiger charge is -2.44. The summed E-state index contributed by atoms with van der Waals surface area (Å²) in [6.45, 7) is 6.12. The van der Waals surface area contributed by atoms with Crippen LogP contribution in [-0.2, 0) is 19.1 Å². The lowest BCUT2D eigenvalue weighted by atomic mass is 9.89. The topological polar surface area (TPSA) is 76.1 Å². The standard InChI is InChI=1S/C16H21NO5S/c1-3-7-22-16(20)12-13(10-6-5-8-21-10)23-15-11(9(18)4-2)14(19)17(12)15/h3,9-11,15,18H,1,4-8H2,2H3/t9-,10+,11+,15+/m0/s1. The second kappa shape index (κ2) is 6.67. The number of β-lactam (4-membered cyclic amide) rings is 1. The first-order valence-corrected chi connectivity index (χ1v) is 8.79. The Morgan fingerprint density at radius 3 is 3.04 bits per heavy atom. The molecule has 23 heavy (non-hydrogen) atoms. The number of carbonyl (C=O) groups is 2. The molecule has 0 radical (unpaired) electrons. The van der Waals surface area contributed by atoms with Crippen LogP contribution in [0, 0.1) is 5.92 Å². The fourth-order valence-electron chi connectivity index (χ4n) is 3.18. The molecule has 3 aliphatic heterocycles. The van der Waals surface area contributed by atoms with Crippen LogP contribution in [0.25, 0.3) is 0 Å². The van der Waals surface area contributed by atoms with Gasteiger partial charge in [0.1, 0.15) is 17.7 Å². The zero-order valence-corrected chi connectivity index (χ0v) is 13.9. The first-order chi connectivity index (χ1) is 11.1. The van der Waals surface area contributed by atoms with Gasteiger partial charge in [0.2, 0.25) is 5.91 Å². The van der Waals surface area contributed by atoms with Crippen LogP contribution in [0.5, 0.6) is 0 Å². The Hall–Kier alpha value is -1.31. The van der Waals surface area contributed by atoms with Crippen molar-refractivity contribution in [2.75, 3.05) is 13.2 Å². The van der Waals surface area contributed by atoms with E-state index in [9.17, 15) is 14.7 Å². The van der Waals surface area contributed by atoms with Gasteiger partial charge in [-0.3, -0.25) is 9.69 Å². The van der Waals surface area contributed by atoms with E-state index in [0.717, 1.165) is 17.7 Å². The van der Waals surface area contributed by atoms with Gasteiger partial charge in [0.05, 0.1) is 18.1 Å². The summed E-state index contributed by atoms with van der Waals surface area (Å²) in [4.78, 5) is 27.1. The van der Waals surface area contributed by atoms with Gasteiger partial charge in [-0.25, -0.2) is 4.79 Å². The molecule has 1 N–H and O–H groups in total. The van der Waals surface area contributed by atoms with Gasteiger partial charge >= 0.3 is 5.97 Å². The number of aliphatic hydroxyl groups excluding tert-OH is 1. The number of hydrogen-bond acceptors (Lipinski definition) is 6. The van der Waals surface area contributed by atoms with Crippen LogP contribution < -0.4 is 0 Å².